The van der Waals surface area contributed by atoms with Crippen molar-refractivity contribution < 1.29 is 5.11 Å². The molecule has 3 rings (SSSR count). The van der Waals surface area contributed by atoms with Crippen LogP contribution in [-0.4, -0.2) is 5.11 Å². The first-order chi connectivity index (χ1) is 8.23. The van der Waals surface area contributed by atoms with Gasteiger partial charge in [0, 0.05) is 16.9 Å². The molecular weight excluding hydrogens is 210 g/mol. The van der Waals surface area contributed by atoms with E-state index in [2.05, 4.69) is 11.9 Å². The summed E-state index contributed by atoms with van der Waals surface area (Å²) in [4.78, 5) is 0. The van der Waals surface area contributed by atoms with E-state index in [4.69, 9.17) is 0 Å². The van der Waals surface area contributed by atoms with Crippen LogP contribution in [0.15, 0.2) is 66.9 Å². The van der Waals surface area contributed by atoms with Gasteiger partial charge in [-0.1, -0.05) is 55.1 Å². The van der Waals surface area contributed by atoms with Crippen LogP contribution < -0.4 is 5.32 Å². The summed E-state index contributed by atoms with van der Waals surface area (Å²) in [6.45, 7) is 3.94. The molecule has 2 N–H and O–H groups in total. The molecule has 0 saturated carbocycles. The highest BCUT2D eigenvalue weighted by atomic mass is 16.3. The van der Waals surface area contributed by atoms with Crippen LogP contribution in [0.4, 0.5) is 5.69 Å². The van der Waals surface area contributed by atoms with Gasteiger partial charge in [-0.25, -0.2) is 0 Å². The lowest BCUT2D eigenvalue weighted by Gasteiger charge is -2.24. The first-order valence-corrected chi connectivity index (χ1v) is 5.57. The molecule has 0 fully saturated rings. The molecular formula is C15H13NO. The number of para-hydroxylation sites is 1. The van der Waals surface area contributed by atoms with Crippen LogP contribution in [0.25, 0.3) is 0 Å². The molecule has 0 aliphatic carbocycles. The van der Waals surface area contributed by atoms with E-state index in [9.17, 15) is 5.11 Å². The van der Waals surface area contributed by atoms with Gasteiger partial charge in [-0.05, 0) is 11.6 Å². The smallest absolute Gasteiger partial charge is 0.156 e. The third kappa shape index (κ3) is 1.31. The van der Waals surface area contributed by atoms with Gasteiger partial charge in [-0.15, -0.1) is 0 Å². The molecule has 17 heavy (non-hydrogen) atoms. The van der Waals surface area contributed by atoms with Crippen LogP contribution in [0, 0.1) is 0 Å². The van der Waals surface area contributed by atoms with Crippen molar-refractivity contribution in [3.63, 3.8) is 0 Å². The molecule has 1 unspecified atom stereocenters. The highest BCUT2D eigenvalue weighted by Crippen LogP contribution is 2.45. The normalized spacial score (nSPS) is 22.1. The molecule has 2 heteroatoms. The highest BCUT2D eigenvalue weighted by Gasteiger charge is 2.41. The maximum atomic E-state index is 10.9. The number of benzene rings is 2. The number of aliphatic hydroxyl groups is 1. The molecule has 1 atom stereocenters. The minimum atomic E-state index is -1.13. The summed E-state index contributed by atoms with van der Waals surface area (Å²) in [5.41, 5.74) is 2.09. The van der Waals surface area contributed by atoms with Gasteiger partial charge in [0.1, 0.15) is 0 Å². The van der Waals surface area contributed by atoms with Crippen molar-refractivity contribution in [1.29, 1.82) is 0 Å². The maximum Gasteiger partial charge on any atom is 0.156 e. The Balaban J connectivity index is 2.24. The van der Waals surface area contributed by atoms with Crippen molar-refractivity contribution in [2.24, 2.45) is 0 Å². The first kappa shape index (κ1) is 10.1. The van der Waals surface area contributed by atoms with Crippen molar-refractivity contribution in [3.05, 3.63) is 78.0 Å². The van der Waals surface area contributed by atoms with Gasteiger partial charge in [0.05, 0.1) is 0 Å². The zero-order valence-corrected chi connectivity index (χ0v) is 9.35. The number of nitrogens with one attached hydrogen (secondary N) is 1. The summed E-state index contributed by atoms with van der Waals surface area (Å²) in [5, 5.41) is 14.1. The third-order valence-corrected chi connectivity index (χ3v) is 3.23. The number of hydrogen-bond donors (Lipinski definition) is 2. The fourth-order valence-corrected chi connectivity index (χ4v) is 2.33. The second-order valence-electron chi connectivity index (χ2n) is 4.23. The van der Waals surface area contributed by atoms with Crippen LogP contribution in [0.1, 0.15) is 11.1 Å². The topological polar surface area (TPSA) is 32.3 Å². The van der Waals surface area contributed by atoms with Crippen LogP contribution >= 0.6 is 0 Å². The Morgan fingerprint density at radius 3 is 2.35 bits per heavy atom. The van der Waals surface area contributed by atoms with Crippen molar-refractivity contribution in [2.75, 3.05) is 5.32 Å². The maximum absolute atomic E-state index is 10.9. The Kier molecular flexibility index (Phi) is 2.06. The second kappa shape index (κ2) is 3.47. The largest absolute Gasteiger partial charge is 0.374 e. The molecule has 2 nitrogen and oxygen atoms in total. The molecule has 1 heterocycles. The lowest BCUT2D eigenvalue weighted by atomic mass is 9.86. The van der Waals surface area contributed by atoms with E-state index in [1.165, 1.54) is 0 Å². The van der Waals surface area contributed by atoms with Gasteiger partial charge < -0.3 is 10.4 Å². The Morgan fingerprint density at radius 2 is 1.59 bits per heavy atom. The van der Waals surface area contributed by atoms with Crippen molar-refractivity contribution in [2.45, 2.75) is 5.60 Å². The molecule has 0 radical (unpaired) electrons. The molecule has 0 amide bonds. The summed E-state index contributed by atoms with van der Waals surface area (Å²) < 4.78 is 0. The standard InChI is InChI=1S/C15H13NO/c1-11-15(17,12-7-3-2-4-8-12)13-9-5-6-10-14(13)16-11/h2-10,16-17H,1H2. The average molecular weight is 223 g/mol. The molecule has 84 valence electrons. The molecule has 2 aromatic rings. The van der Waals surface area contributed by atoms with Gasteiger partial charge >= 0.3 is 0 Å². The zero-order chi connectivity index (χ0) is 11.9. The SMILES string of the molecule is C=C1Nc2ccccc2C1(O)c1ccccc1. The van der Waals surface area contributed by atoms with Gasteiger partial charge in [0.25, 0.3) is 0 Å². The predicted octanol–water partition coefficient (Wildman–Crippen LogP) is 2.86. The van der Waals surface area contributed by atoms with Gasteiger partial charge in [-0.2, -0.15) is 0 Å². The molecule has 0 bridgehead atoms. The summed E-state index contributed by atoms with van der Waals surface area (Å²) in [6, 6.07) is 17.3. The number of hydrogen-bond acceptors (Lipinski definition) is 2. The Bertz CT molecular complexity index is 576. The Labute approximate surface area is 100 Å². The van der Waals surface area contributed by atoms with Gasteiger partial charge in [0.15, 0.2) is 5.60 Å². The molecule has 0 aromatic heterocycles. The molecule has 0 saturated heterocycles. The average Bonchev–Trinajstić information content (AvgIpc) is 2.64. The Morgan fingerprint density at radius 1 is 0.941 bits per heavy atom. The van der Waals surface area contributed by atoms with Crippen LogP contribution in [0.3, 0.4) is 0 Å². The van der Waals surface area contributed by atoms with Crippen molar-refractivity contribution in [1.82, 2.24) is 0 Å². The van der Waals surface area contributed by atoms with E-state index in [1.807, 2.05) is 54.6 Å². The minimum absolute atomic E-state index is 0.602. The number of fused-ring (bicyclic) bond motifs is 1. The fourth-order valence-electron chi connectivity index (χ4n) is 2.33. The first-order valence-electron chi connectivity index (χ1n) is 5.57. The monoisotopic (exact) mass is 223 g/mol. The number of rotatable bonds is 1. The van der Waals surface area contributed by atoms with Crippen LogP contribution in [-0.2, 0) is 5.60 Å². The molecule has 1 aliphatic rings. The van der Waals surface area contributed by atoms with Crippen molar-refractivity contribution >= 4 is 5.69 Å². The van der Waals surface area contributed by atoms with E-state index in [1.54, 1.807) is 0 Å². The summed E-state index contributed by atoms with van der Waals surface area (Å²) in [5.74, 6) is 0. The van der Waals surface area contributed by atoms with Crippen LogP contribution in [0.5, 0.6) is 0 Å². The second-order valence-corrected chi connectivity index (χ2v) is 4.23. The van der Waals surface area contributed by atoms with E-state index in [0.29, 0.717) is 5.70 Å². The van der Waals surface area contributed by atoms with E-state index in [-0.39, 0.29) is 0 Å². The van der Waals surface area contributed by atoms with Crippen molar-refractivity contribution in [3.8, 4) is 0 Å². The molecule has 1 aliphatic heterocycles. The summed E-state index contributed by atoms with van der Waals surface area (Å²) in [6.07, 6.45) is 0. The van der Waals surface area contributed by atoms with Crippen LogP contribution in [0.2, 0.25) is 0 Å². The lowest BCUT2D eigenvalue weighted by Crippen LogP contribution is -2.26. The quantitative estimate of drug-likeness (QED) is 0.779. The van der Waals surface area contributed by atoms with E-state index >= 15 is 0 Å². The third-order valence-electron chi connectivity index (χ3n) is 3.23. The summed E-state index contributed by atoms with van der Waals surface area (Å²) >= 11 is 0. The fraction of sp³-hybridized carbons (Fsp3) is 0.0667. The number of anilines is 1. The van der Waals surface area contributed by atoms with E-state index < -0.39 is 5.60 Å². The van der Waals surface area contributed by atoms with E-state index in [0.717, 1.165) is 16.8 Å². The Hall–Kier alpha value is -2.06. The summed E-state index contributed by atoms with van der Waals surface area (Å²) in [7, 11) is 0. The van der Waals surface area contributed by atoms with Gasteiger partial charge in [-0.3, -0.25) is 0 Å². The lowest BCUT2D eigenvalue weighted by molar-refractivity contribution is 0.129. The zero-order valence-electron chi connectivity index (χ0n) is 9.35. The van der Waals surface area contributed by atoms with Gasteiger partial charge in [0.2, 0.25) is 0 Å². The predicted molar refractivity (Wildman–Crippen MR) is 68.6 cm³/mol. The highest BCUT2D eigenvalue weighted by molar-refractivity contribution is 5.69. The molecule has 2 aromatic carbocycles. The molecule has 0 spiro atoms. The minimum Gasteiger partial charge on any atom is -0.374 e.